The third kappa shape index (κ3) is 7.52. The molecule has 5 nitrogen and oxygen atoms in total. The summed E-state index contributed by atoms with van der Waals surface area (Å²) in [4.78, 5) is 23.2. The number of hydrogen-bond donors (Lipinski definition) is 1. The smallest absolute Gasteiger partial charge is 0.407 e. The monoisotopic (exact) mass is 347 g/mol. The van der Waals surface area contributed by atoms with Crippen LogP contribution in [0.15, 0.2) is 18.2 Å². The number of halogens is 2. The summed E-state index contributed by atoms with van der Waals surface area (Å²) >= 11 is 11.6. The minimum absolute atomic E-state index is 0.165. The summed E-state index contributed by atoms with van der Waals surface area (Å²) in [5, 5.41) is 3.31. The predicted molar refractivity (Wildman–Crippen MR) is 85.6 cm³/mol. The molecular weight excluding hydrogens is 329 g/mol. The highest BCUT2D eigenvalue weighted by molar-refractivity contribution is 6.35. The van der Waals surface area contributed by atoms with E-state index in [0.29, 0.717) is 23.0 Å². The quantitative estimate of drug-likeness (QED) is 0.644. The number of nitrogens with one attached hydrogen (secondary N) is 1. The minimum Gasteiger partial charge on any atom is -0.462 e. The lowest BCUT2D eigenvalue weighted by molar-refractivity contribution is 0.0483. The predicted octanol–water partition coefficient (Wildman–Crippen LogP) is 4.07. The van der Waals surface area contributed by atoms with Crippen molar-refractivity contribution in [3.8, 4) is 0 Å². The third-order valence-electron chi connectivity index (χ3n) is 2.32. The fraction of sp³-hybridized carbons (Fsp3) is 0.467. The molecule has 1 aromatic carbocycles. The molecular formula is C15H19Cl2NO4. The van der Waals surface area contributed by atoms with Crippen LogP contribution in [0.2, 0.25) is 10.0 Å². The first-order valence-electron chi connectivity index (χ1n) is 6.77. The van der Waals surface area contributed by atoms with Crippen LogP contribution >= 0.6 is 23.2 Å². The van der Waals surface area contributed by atoms with Gasteiger partial charge in [0.05, 0.1) is 12.2 Å². The zero-order valence-electron chi connectivity index (χ0n) is 12.7. The maximum atomic E-state index is 11.8. The average Bonchev–Trinajstić information content (AvgIpc) is 2.34. The number of amides is 1. The second-order valence-corrected chi connectivity index (χ2v) is 6.45. The van der Waals surface area contributed by atoms with Crippen molar-refractivity contribution >= 4 is 35.3 Å². The Morgan fingerprint density at radius 3 is 2.27 bits per heavy atom. The zero-order chi connectivity index (χ0) is 16.8. The Morgan fingerprint density at radius 2 is 1.73 bits per heavy atom. The molecule has 0 aliphatic rings. The number of esters is 1. The van der Waals surface area contributed by atoms with Gasteiger partial charge in [0, 0.05) is 16.6 Å². The molecule has 0 atom stereocenters. The van der Waals surface area contributed by atoms with Crippen LogP contribution < -0.4 is 5.32 Å². The maximum Gasteiger partial charge on any atom is 0.407 e. The van der Waals surface area contributed by atoms with Crippen LogP contribution in [0.3, 0.4) is 0 Å². The van der Waals surface area contributed by atoms with Gasteiger partial charge in [-0.1, -0.05) is 23.2 Å². The van der Waals surface area contributed by atoms with Gasteiger partial charge >= 0.3 is 12.1 Å². The van der Waals surface area contributed by atoms with Crippen LogP contribution in [0.4, 0.5) is 4.79 Å². The van der Waals surface area contributed by atoms with E-state index in [1.807, 2.05) is 0 Å². The summed E-state index contributed by atoms with van der Waals surface area (Å²) in [6.45, 7) is 5.86. The first-order chi connectivity index (χ1) is 10.2. The highest BCUT2D eigenvalue weighted by Gasteiger charge is 2.15. The van der Waals surface area contributed by atoms with Crippen molar-refractivity contribution in [1.82, 2.24) is 5.32 Å². The van der Waals surface area contributed by atoms with E-state index in [2.05, 4.69) is 5.32 Å². The van der Waals surface area contributed by atoms with E-state index >= 15 is 0 Å². The van der Waals surface area contributed by atoms with Crippen LogP contribution in [-0.4, -0.2) is 30.8 Å². The molecule has 7 heteroatoms. The number of carbonyl (C=O) groups excluding carboxylic acids is 2. The van der Waals surface area contributed by atoms with Gasteiger partial charge in [0.1, 0.15) is 5.60 Å². The molecule has 1 amide bonds. The van der Waals surface area contributed by atoms with Gasteiger partial charge in [-0.15, -0.1) is 0 Å². The van der Waals surface area contributed by atoms with Crippen LogP contribution in [0.1, 0.15) is 37.6 Å². The summed E-state index contributed by atoms with van der Waals surface area (Å²) in [7, 11) is 0. The number of hydrogen-bond acceptors (Lipinski definition) is 4. The molecule has 0 spiro atoms. The van der Waals surface area contributed by atoms with Crippen LogP contribution in [0, 0.1) is 0 Å². The van der Waals surface area contributed by atoms with Crippen molar-refractivity contribution in [3.63, 3.8) is 0 Å². The molecule has 0 aliphatic heterocycles. The second-order valence-electron chi connectivity index (χ2n) is 5.58. The van der Waals surface area contributed by atoms with E-state index in [9.17, 15) is 9.59 Å². The van der Waals surface area contributed by atoms with E-state index in [0.717, 1.165) is 0 Å². The zero-order valence-corrected chi connectivity index (χ0v) is 14.3. The van der Waals surface area contributed by atoms with E-state index in [4.69, 9.17) is 32.7 Å². The van der Waals surface area contributed by atoms with E-state index in [-0.39, 0.29) is 12.2 Å². The van der Waals surface area contributed by atoms with Crippen molar-refractivity contribution < 1.29 is 19.1 Å². The summed E-state index contributed by atoms with van der Waals surface area (Å²) in [5.41, 5.74) is -0.250. The number of benzene rings is 1. The molecule has 1 aromatic rings. The molecule has 1 rings (SSSR count). The molecule has 0 radical (unpaired) electrons. The fourth-order valence-corrected chi connectivity index (χ4v) is 2.02. The highest BCUT2D eigenvalue weighted by Crippen LogP contribution is 2.19. The Bertz CT molecular complexity index is 521. The van der Waals surface area contributed by atoms with Crippen molar-refractivity contribution in [2.45, 2.75) is 32.8 Å². The van der Waals surface area contributed by atoms with Crippen molar-refractivity contribution in [2.24, 2.45) is 0 Å². The Kier molecular flexibility index (Phi) is 6.97. The van der Waals surface area contributed by atoms with Gasteiger partial charge < -0.3 is 14.8 Å². The van der Waals surface area contributed by atoms with Gasteiger partial charge in [0.15, 0.2) is 0 Å². The van der Waals surface area contributed by atoms with Gasteiger partial charge in [-0.25, -0.2) is 9.59 Å². The van der Waals surface area contributed by atoms with Crippen molar-refractivity contribution in [3.05, 3.63) is 33.8 Å². The summed E-state index contributed by atoms with van der Waals surface area (Å²) < 4.78 is 10.1. The molecule has 0 heterocycles. The lowest BCUT2D eigenvalue weighted by Crippen LogP contribution is -2.33. The molecule has 0 bridgehead atoms. The Labute approximate surface area is 139 Å². The topological polar surface area (TPSA) is 64.6 Å². The second kappa shape index (κ2) is 8.25. The molecule has 1 N–H and O–H groups in total. The standard InChI is InChI=1S/C15H19Cl2NO4/c1-15(2,3)22-14(20)18-5-4-6-21-13(19)10-7-11(16)9-12(17)8-10/h7-9H,4-6H2,1-3H3,(H,18,20). The average molecular weight is 348 g/mol. The minimum atomic E-state index is -0.539. The van der Waals surface area contributed by atoms with E-state index in [1.165, 1.54) is 18.2 Å². The van der Waals surface area contributed by atoms with E-state index < -0.39 is 17.7 Å². The first-order valence-corrected chi connectivity index (χ1v) is 7.53. The molecule has 0 saturated heterocycles. The normalized spacial score (nSPS) is 11.0. The van der Waals surface area contributed by atoms with E-state index in [1.54, 1.807) is 20.8 Å². The molecule has 0 aliphatic carbocycles. The molecule has 0 aromatic heterocycles. The number of alkyl carbamates (subject to hydrolysis) is 1. The Morgan fingerprint density at radius 1 is 1.14 bits per heavy atom. The van der Waals surface area contributed by atoms with Gasteiger partial charge in [-0.3, -0.25) is 0 Å². The summed E-state index contributed by atoms with van der Waals surface area (Å²) in [5.74, 6) is -0.512. The SMILES string of the molecule is CC(C)(C)OC(=O)NCCCOC(=O)c1cc(Cl)cc(Cl)c1. The Hall–Kier alpha value is -1.46. The summed E-state index contributed by atoms with van der Waals surface area (Å²) in [6, 6.07) is 4.49. The van der Waals surface area contributed by atoms with Gasteiger partial charge in [0.2, 0.25) is 0 Å². The summed E-state index contributed by atoms with van der Waals surface area (Å²) in [6.07, 6.45) is -0.0281. The molecule has 0 saturated carbocycles. The highest BCUT2D eigenvalue weighted by atomic mass is 35.5. The molecule has 0 fully saturated rings. The van der Waals surface area contributed by atoms with Crippen molar-refractivity contribution in [1.29, 1.82) is 0 Å². The van der Waals surface area contributed by atoms with Gasteiger partial charge in [-0.05, 0) is 45.4 Å². The largest absolute Gasteiger partial charge is 0.462 e. The molecule has 122 valence electrons. The number of ether oxygens (including phenoxy) is 2. The maximum absolute atomic E-state index is 11.8. The van der Waals surface area contributed by atoms with Crippen LogP contribution in [0.25, 0.3) is 0 Å². The van der Waals surface area contributed by atoms with Crippen LogP contribution in [-0.2, 0) is 9.47 Å². The molecule has 0 unspecified atom stereocenters. The lowest BCUT2D eigenvalue weighted by Gasteiger charge is -2.19. The van der Waals surface area contributed by atoms with Crippen LogP contribution in [0.5, 0.6) is 0 Å². The van der Waals surface area contributed by atoms with Crippen molar-refractivity contribution in [2.75, 3.05) is 13.2 Å². The van der Waals surface area contributed by atoms with Gasteiger partial charge in [0.25, 0.3) is 0 Å². The number of carbonyl (C=O) groups is 2. The van der Waals surface area contributed by atoms with Gasteiger partial charge in [-0.2, -0.15) is 0 Å². The third-order valence-corrected chi connectivity index (χ3v) is 2.76. The molecule has 22 heavy (non-hydrogen) atoms. The lowest BCUT2D eigenvalue weighted by atomic mass is 10.2. The fourth-order valence-electron chi connectivity index (χ4n) is 1.50. The number of rotatable bonds is 5. The Balaban J connectivity index is 2.27. The first kappa shape index (κ1) is 18.6.